The van der Waals surface area contributed by atoms with Gasteiger partial charge in [0.15, 0.2) is 0 Å². The molecule has 1 amide bonds. The maximum Gasteiger partial charge on any atom is 0.251 e. The molecule has 1 N–H and O–H groups in total. The second-order valence-corrected chi connectivity index (χ2v) is 8.84. The number of rotatable bonds is 6. The Morgan fingerprint density at radius 2 is 1.84 bits per heavy atom. The van der Waals surface area contributed by atoms with Gasteiger partial charge in [0.25, 0.3) is 5.91 Å². The van der Waals surface area contributed by atoms with E-state index in [1.807, 2.05) is 19.0 Å². The summed E-state index contributed by atoms with van der Waals surface area (Å²) in [7, 11) is 0.141. The molecule has 0 aliphatic carbocycles. The molecule has 0 spiro atoms. The number of sulfonamides is 1. The Balaban J connectivity index is 2.21. The van der Waals surface area contributed by atoms with E-state index in [0.29, 0.717) is 31.7 Å². The topological polar surface area (TPSA) is 69.7 Å². The van der Waals surface area contributed by atoms with Crippen LogP contribution in [0.25, 0.3) is 0 Å². The first kappa shape index (κ1) is 20.2. The van der Waals surface area contributed by atoms with Crippen LogP contribution in [0.5, 0.6) is 0 Å². The van der Waals surface area contributed by atoms with Gasteiger partial charge in [-0.15, -0.1) is 0 Å². The van der Waals surface area contributed by atoms with Crippen LogP contribution in [-0.4, -0.2) is 63.8 Å². The normalized spacial score (nSPS) is 16.6. The van der Waals surface area contributed by atoms with Gasteiger partial charge in [-0.25, -0.2) is 8.42 Å². The number of hydrogen-bond acceptors (Lipinski definition) is 4. The largest absolute Gasteiger partial charge is 0.351 e. The summed E-state index contributed by atoms with van der Waals surface area (Å²) in [6.45, 7) is 2.19. The van der Waals surface area contributed by atoms with Crippen molar-refractivity contribution in [2.24, 2.45) is 0 Å². The zero-order valence-electron chi connectivity index (χ0n) is 14.8. The predicted octanol–water partition coefficient (Wildman–Crippen LogP) is 2.20. The molecule has 1 heterocycles. The van der Waals surface area contributed by atoms with Gasteiger partial charge in [0.2, 0.25) is 10.0 Å². The van der Waals surface area contributed by atoms with Crippen molar-refractivity contribution in [3.63, 3.8) is 0 Å². The third-order valence-corrected chi connectivity index (χ3v) is 6.60. The molecule has 8 heteroatoms. The molecule has 1 saturated heterocycles. The first-order valence-electron chi connectivity index (χ1n) is 8.55. The molecule has 0 atom stereocenters. The predicted molar refractivity (Wildman–Crippen MR) is 99.6 cm³/mol. The average Bonchev–Trinajstić information content (AvgIpc) is 2.84. The number of likely N-dealkylation sites (N-methyl/N-ethyl adjacent to an activating group) is 1. The monoisotopic (exact) mass is 387 g/mol. The van der Waals surface area contributed by atoms with Crippen molar-refractivity contribution >= 4 is 27.5 Å². The molecule has 0 unspecified atom stereocenters. The molecule has 1 aromatic rings. The van der Waals surface area contributed by atoms with Gasteiger partial charge >= 0.3 is 0 Å². The van der Waals surface area contributed by atoms with E-state index in [4.69, 9.17) is 11.6 Å². The van der Waals surface area contributed by atoms with Gasteiger partial charge in [-0.3, -0.25) is 4.79 Å². The van der Waals surface area contributed by atoms with Crippen molar-refractivity contribution in [3.05, 3.63) is 28.8 Å². The van der Waals surface area contributed by atoms with E-state index in [1.54, 1.807) is 6.07 Å². The second kappa shape index (κ2) is 8.98. The third-order valence-electron chi connectivity index (χ3n) is 4.22. The molecule has 2 rings (SSSR count). The van der Waals surface area contributed by atoms with Crippen LogP contribution in [0.1, 0.15) is 36.0 Å². The highest BCUT2D eigenvalue weighted by atomic mass is 35.5. The summed E-state index contributed by atoms with van der Waals surface area (Å²) in [6, 6.07) is 4.41. The quantitative estimate of drug-likeness (QED) is 0.812. The lowest BCUT2D eigenvalue weighted by Crippen LogP contribution is -2.33. The number of nitrogens with one attached hydrogen (secondary N) is 1. The SMILES string of the molecule is CN(C)CCNC(=O)c1ccc(Cl)c(S(=O)(=O)N2CCCCCC2)c1. The molecule has 0 bridgehead atoms. The van der Waals surface area contributed by atoms with E-state index in [-0.39, 0.29) is 15.8 Å². The zero-order valence-corrected chi connectivity index (χ0v) is 16.4. The highest BCUT2D eigenvalue weighted by Gasteiger charge is 2.28. The number of benzene rings is 1. The van der Waals surface area contributed by atoms with E-state index in [9.17, 15) is 13.2 Å². The highest BCUT2D eigenvalue weighted by Crippen LogP contribution is 2.27. The minimum atomic E-state index is -3.69. The molecule has 1 aromatic carbocycles. The molecule has 25 heavy (non-hydrogen) atoms. The number of nitrogens with zero attached hydrogens (tertiary/aromatic N) is 2. The fourth-order valence-electron chi connectivity index (χ4n) is 2.76. The average molecular weight is 388 g/mol. The first-order valence-corrected chi connectivity index (χ1v) is 10.4. The molecule has 6 nitrogen and oxygen atoms in total. The fourth-order valence-corrected chi connectivity index (χ4v) is 4.78. The van der Waals surface area contributed by atoms with Gasteiger partial charge in [0.05, 0.1) is 5.02 Å². The highest BCUT2D eigenvalue weighted by molar-refractivity contribution is 7.89. The van der Waals surface area contributed by atoms with Gasteiger partial charge in [0, 0.05) is 31.7 Å². The van der Waals surface area contributed by atoms with E-state index in [2.05, 4.69) is 5.32 Å². The van der Waals surface area contributed by atoms with Gasteiger partial charge in [-0.05, 0) is 45.1 Å². The molecular weight excluding hydrogens is 362 g/mol. The van der Waals surface area contributed by atoms with Gasteiger partial charge in [-0.1, -0.05) is 24.4 Å². The Morgan fingerprint density at radius 3 is 2.44 bits per heavy atom. The van der Waals surface area contributed by atoms with Crippen LogP contribution in [0.15, 0.2) is 23.1 Å². The summed E-state index contributed by atoms with van der Waals surface area (Å²) >= 11 is 6.15. The smallest absolute Gasteiger partial charge is 0.251 e. The minimum Gasteiger partial charge on any atom is -0.351 e. The third kappa shape index (κ3) is 5.41. The summed E-state index contributed by atoms with van der Waals surface area (Å²) < 4.78 is 27.4. The van der Waals surface area contributed by atoms with Crippen LogP contribution < -0.4 is 5.32 Å². The molecule has 1 aliphatic rings. The lowest BCUT2D eigenvalue weighted by molar-refractivity contribution is 0.0951. The Bertz CT molecular complexity index is 699. The molecule has 0 saturated carbocycles. The van der Waals surface area contributed by atoms with Crippen LogP contribution in [-0.2, 0) is 10.0 Å². The van der Waals surface area contributed by atoms with Gasteiger partial charge < -0.3 is 10.2 Å². The molecule has 0 radical (unpaired) electrons. The Labute approximate surface area is 155 Å². The molecule has 140 valence electrons. The maximum absolute atomic E-state index is 12.9. The van der Waals surface area contributed by atoms with Crippen LogP contribution >= 0.6 is 11.6 Å². The van der Waals surface area contributed by atoms with Crippen LogP contribution in [0, 0.1) is 0 Å². The lowest BCUT2D eigenvalue weighted by Gasteiger charge is -2.21. The summed E-state index contributed by atoms with van der Waals surface area (Å²) in [5, 5.41) is 2.93. The molecule has 0 aromatic heterocycles. The summed E-state index contributed by atoms with van der Waals surface area (Å²) in [5.41, 5.74) is 0.302. The number of halogens is 1. The van der Waals surface area contributed by atoms with Crippen molar-refractivity contribution in [2.75, 3.05) is 40.3 Å². The maximum atomic E-state index is 12.9. The Kier molecular flexibility index (Phi) is 7.25. The lowest BCUT2D eigenvalue weighted by atomic mass is 10.2. The molecule has 1 aliphatic heterocycles. The van der Waals surface area contributed by atoms with E-state index in [1.165, 1.54) is 16.4 Å². The summed E-state index contributed by atoms with van der Waals surface area (Å²) in [5.74, 6) is -0.300. The summed E-state index contributed by atoms with van der Waals surface area (Å²) in [4.78, 5) is 14.2. The Morgan fingerprint density at radius 1 is 1.20 bits per heavy atom. The van der Waals surface area contributed by atoms with Gasteiger partial charge in [-0.2, -0.15) is 4.31 Å². The van der Waals surface area contributed by atoms with Gasteiger partial charge in [0.1, 0.15) is 4.90 Å². The Hall–Kier alpha value is -1.15. The summed E-state index contributed by atoms with van der Waals surface area (Å²) in [6.07, 6.45) is 3.77. The van der Waals surface area contributed by atoms with E-state index >= 15 is 0 Å². The van der Waals surface area contributed by atoms with Crippen LogP contribution in [0.3, 0.4) is 0 Å². The number of carbonyl (C=O) groups excluding carboxylic acids is 1. The van der Waals surface area contributed by atoms with Crippen molar-refractivity contribution in [1.29, 1.82) is 0 Å². The fraction of sp³-hybridized carbons (Fsp3) is 0.588. The molecular formula is C17H26ClN3O3S. The number of carbonyl (C=O) groups is 1. The zero-order chi connectivity index (χ0) is 18.4. The molecule has 1 fully saturated rings. The standard InChI is InChI=1S/C17H26ClN3O3S/c1-20(2)12-9-19-17(22)14-7-8-15(18)16(13-14)25(23,24)21-10-5-3-4-6-11-21/h7-8,13H,3-6,9-12H2,1-2H3,(H,19,22). The van der Waals surface area contributed by atoms with Crippen LogP contribution in [0.2, 0.25) is 5.02 Å². The number of amides is 1. The van der Waals surface area contributed by atoms with Crippen LogP contribution in [0.4, 0.5) is 0 Å². The van der Waals surface area contributed by atoms with Crippen molar-refractivity contribution < 1.29 is 13.2 Å². The van der Waals surface area contributed by atoms with E-state index in [0.717, 1.165) is 25.7 Å². The van der Waals surface area contributed by atoms with Crippen molar-refractivity contribution in [2.45, 2.75) is 30.6 Å². The second-order valence-electron chi connectivity index (χ2n) is 6.52. The van der Waals surface area contributed by atoms with Crippen molar-refractivity contribution in [3.8, 4) is 0 Å². The van der Waals surface area contributed by atoms with E-state index < -0.39 is 10.0 Å². The first-order chi connectivity index (χ1) is 11.8. The van der Waals surface area contributed by atoms with Crippen molar-refractivity contribution in [1.82, 2.24) is 14.5 Å². The minimum absolute atomic E-state index is 0.0105. The number of hydrogen-bond donors (Lipinski definition) is 1.